The molecule has 2 aliphatic carbocycles. The Morgan fingerprint density at radius 2 is 1.46 bits per heavy atom. The first-order chi connectivity index (χ1) is 19.3. The number of ether oxygens (including phenoxy) is 2. The van der Waals surface area contributed by atoms with Crippen molar-refractivity contribution >= 4 is 34.8 Å². The van der Waals surface area contributed by atoms with E-state index in [1.165, 1.54) is 0 Å². The van der Waals surface area contributed by atoms with Crippen molar-refractivity contribution in [2.24, 2.45) is 10.8 Å². The van der Waals surface area contributed by atoms with E-state index in [1.807, 2.05) is 43.3 Å². The first kappa shape index (κ1) is 29.7. The van der Waals surface area contributed by atoms with Gasteiger partial charge < -0.3 is 14.4 Å². The van der Waals surface area contributed by atoms with Gasteiger partial charge in [-0.25, -0.2) is 0 Å². The fourth-order valence-corrected chi connectivity index (χ4v) is 7.19. The highest BCUT2D eigenvalue weighted by molar-refractivity contribution is 6.32. The molecule has 41 heavy (non-hydrogen) atoms. The van der Waals surface area contributed by atoms with E-state index in [0.29, 0.717) is 47.5 Å². The van der Waals surface area contributed by atoms with Crippen LogP contribution in [0.1, 0.15) is 84.3 Å². The van der Waals surface area contributed by atoms with E-state index in [9.17, 15) is 9.59 Å². The van der Waals surface area contributed by atoms with Crippen LogP contribution >= 0.6 is 23.2 Å². The van der Waals surface area contributed by atoms with Gasteiger partial charge in [-0.3, -0.25) is 9.59 Å². The third-order valence-electron chi connectivity index (χ3n) is 8.28. The van der Waals surface area contributed by atoms with Gasteiger partial charge in [0.2, 0.25) is 0 Å². The monoisotopic (exact) mass is 595 g/mol. The van der Waals surface area contributed by atoms with E-state index in [2.05, 4.69) is 39.5 Å². The van der Waals surface area contributed by atoms with Gasteiger partial charge >= 0.3 is 0 Å². The third-order valence-corrected chi connectivity index (χ3v) is 8.79. The average molecular weight is 597 g/mol. The molecule has 5 nitrogen and oxygen atoms in total. The molecule has 0 saturated heterocycles. The molecule has 7 heteroatoms. The van der Waals surface area contributed by atoms with E-state index in [1.54, 1.807) is 0 Å². The maximum Gasteiger partial charge on any atom is 0.180 e. The quantitative estimate of drug-likeness (QED) is 0.320. The SMILES string of the molecule is CCOc1cc(C2C3=C(CC(C)(C)CC3=O)N(CC)C3=C2C(=O)CC(C)(C)C3)cc(Cl)c1OCc1cccc(Cl)c1. The molecule has 1 aliphatic heterocycles. The molecule has 218 valence electrons. The second-order valence-electron chi connectivity index (χ2n) is 13.0. The molecule has 5 rings (SSSR count). The average Bonchev–Trinajstić information content (AvgIpc) is 2.86. The number of hydrogen-bond donors (Lipinski definition) is 0. The van der Waals surface area contributed by atoms with E-state index in [-0.39, 0.29) is 29.0 Å². The summed E-state index contributed by atoms with van der Waals surface area (Å²) in [6, 6.07) is 11.2. The van der Waals surface area contributed by atoms with Crippen molar-refractivity contribution in [1.82, 2.24) is 4.90 Å². The molecule has 0 fully saturated rings. The number of carbonyl (C=O) groups excluding carboxylic acids is 2. The molecule has 0 amide bonds. The van der Waals surface area contributed by atoms with E-state index in [4.69, 9.17) is 32.7 Å². The molecule has 0 unspecified atom stereocenters. The highest BCUT2D eigenvalue weighted by Crippen LogP contribution is 2.55. The van der Waals surface area contributed by atoms with Gasteiger partial charge in [-0.2, -0.15) is 0 Å². The summed E-state index contributed by atoms with van der Waals surface area (Å²) in [5.41, 5.74) is 4.90. The van der Waals surface area contributed by atoms with Crippen LogP contribution in [0.3, 0.4) is 0 Å². The number of hydrogen-bond acceptors (Lipinski definition) is 5. The highest BCUT2D eigenvalue weighted by Gasteiger charge is 2.48. The minimum Gasteiger partial charge on any atom is -0.490 e. The standard InChI is InChI=1S/C34H39Cl2NO4/c1-7-37-24-15-33(3,4)17-26(38)30(24)29(31-25(37)16-34(5,6)18-27(31)39)21-13-23(36)32(28(14-21)40-8-2)41-19-20-10-9-11-22(35)12-20/h9-14,29H,7-8,15-19H2,1-6H3. The molecule has 2 aromatic rings. The summed E-state index contributed by atoms with van der Waals surface area (Å²) in [7, 11) is 0. The smallest absolute Gasteiger partial charge is 0.180 e. The Hall–Kier alpha value is -2.76. The minimum atomic E-state index is -0.492. The van der Waals surface area contributed by atoms with Crippen LogP contribution in [0.25, 0.3) is 0 Å². The van der Waals surface area contributed by atoms with Crippen LogP contribution in [-0.4, -0.2) is 29.6 Å². The topological polar surface area (TPSA) is 55.8 Å². The van der Waals surface area contributed by atoms with Gasteiger partial charge in [0.25, 0.3) is 0 Å². The number of halogens is 2. The first-order valence-electron chi connectivity index (χ1n) is 14.5. The zero-order valence-electron chi connectivity index (χ0n) is 24.8. The number of benzene rings is 2. The van der Waals surface area contributed by atoms with Crippen molar-refractivity contribution in [1.29, 1.82) is 0 Å². The lowest BCUT2D eigenvalue weighted by atomic mass is 9.63. The molecular formula is C34H39Cl2NO4. The summed E-state index contributed by atoms with van der Waals surface area (Å²) in [4.78, 5) is 30.1. The fraction of sp³-hybridized carbons (Fsp3) is 0.471. The molecule has 2 aromatic carbocycles. The van der Waals surface area contributed by atoms with Gasteiger partial charge in [0.05, 0.1) is 11.6 Å². The second-order valence-corrected chi connectivity index (χ2v) is 13.8. The number of Topliss-reactive ketones (excluding diaryl/α,β-unsaturated/α-hetero) is 2. The number of rotatable bonds is 7. The van der Waals surface area contributed by atoms with Crippen molar-refractivity contribution in [2.45, 2.75) is 79.8 Å². The summed E-state index contributed by atoms with van der Waals surface area (Å²) in [6.07, 6.45) is 2.43. The lowest BCUT2D eigenvalue weighted by molar-refractivity contribution is -0.119. The molecule has 0 spiro atoms. The van der Waals surface area contributed by atoms with Crippen LogP contribution in [0.2, 0.25) is 10.0 Å². The predicted molar refractivity (Wildman–Crippen MR) is 164 cm³/mol. The van der Waals surface area contributed by atoms with Crippen LogP contribution in [-0.2, 0) is 16.2 Å². The lowest BCUT2D eigenvalue weighted by Crippen LogP contribution is -2.44. The van der Waals surface area contributed by atoms with Gasteiger partial charge in [0.15, 0.2) is 23.1 Å². The summed E-state index contributed by atoms with van der Waals surface area (Å²) >= 11 is 13.1. The van der Waals surface area contributed by atoms with Crippen molar-refractivity contribution in [3.8, 4) is 11.5 Å². The normalized spacial score (nSPS) is 20.2. The van der Waals surface area contributed by atoms with Gasteiger partial charge in [-0.05, 0) is 72.9 Å². The number of ketones is 2. The molecule has 3 aliphatic rings. The van der Waals surface area contributed by atoms with E-state index >= 15 is 0 Å². The van der Waals surface area contributed by atoms with Crippen LogP contribution in [0.4, 0.5) is 0 Å². The summed E-state index contributed by atoms with van der Waals surface area (Å²) in [5, 5.41) is 1.01. The van der Waals surface area contributed by atoms with Gasteiger partial charge in [-0.1, -0.05) is 63.0 Å². The number of carbonyl (C=O) groups is 2. The largest absolute Gasteiger partial charge is 0.490 e. The Morgan fingerprint density at radius 3 is 2.00 bits per heavy atom. The Balaban J connectivity index is 1.66. The second kappa shape index (κ2) is 11.1. The van der Waals surface area contributed by atoms with Crippen LogP contribution in [0.5, 0.6) is 11.5 Å². The minimum absolute atomic E-state index is 0.0965. The van der Waals surface area contributed by atoms with Crippen molar-refractivity contribution in [2.75, 3.05) is 13.2 Å². The molecule has 0 atom stereocenters. The zero-order chi connectivity index (χ0) is 29.7. The number of allylic oxidation sites excluding steroid dienone is 4. The predicted octanol–water partition coefficient (Wildman–Crippen LogP) is 8.68. The Morgan fingerprint density at radius 1 is 0.854 bits per heavy atom. The Bertz CT molecular complexity index is 1420. The maximum atomic E-state index is 13.9. The van der Waals surface area contributed by atoms with Crippen LogP contribution < -0.4 is 9.47 Å². The zero-order valence-corrected chi connectivity index (χ0v) is 26.3. The number of nitrogens with zero attached hydrogens (tertiary/aromatic N) is 1. The first-order valence-corrected chi connectivity index (χ1v) is 15.2. The highest BCUT2D eigenvalue weighted by atomic mass is 35.5. The summed E-state index contributed by atoms with van der Waals surface area (Å²) in [5.74, 6) is 0.623. The Labute approximate surface area is 253 Å². The molecule has 0 bridgehead atoms. The lowest BCUT2D eigenvalue weighted by Gasteiger charge is -2.49. The van der Waals surface area contributed by atoms with Crippen molar-refractivity contribution < 1.29 is 19.1 Å². The molecule has 0 N–H and O–H groups in total. The molecule has 0 radical (unpaired) electrons. The van der Waals surface area contributed by atoms with Crippen molar-refractivity contribution in [3.05, 3.63) is 80.1 Å². The maximum absolute atomic E-state index is 13.9. The molecule has 0 saturated carbocycles. The van der Waals surface area contributed by atoms with Gasteiger partial charge in [0.1, 0.15) is 6.61 Å². The fourth-order valence-electron chi connectivity index (χ4n) is 6.70. The van der Waals surface area contributed by atoms with Crippen LogP contribution in [0.15, 0.2) is 58.9 Å². The summed E-state index contributed by atoms with van der Waals surface area (Å²) in [6.45, 7) is 14.0. The van der Waals surface area contributed by atoms with Gasteiger partial charge in [-0.15, -0.1) is 0 Å². The Kier molecular flexibility index (Phi) is 8.08. The van der Waals surface area contributed by atoms with E-state index < -0.39 is 5.92 Å². The summed E-state index contributed by atoms with van der Waals surface area (Å²) < 4.78 is 12.2. The van der Waals surface area contributed by atoms with Gasteiger partial charge in [0, 0.05) is 52.9 Å². The molecule has 0 aromatic heterocycles. The van der Waals surface area contributed by atoms with Crippen molar-refractivity contribution in [3.63, 3.8) is 0 Å². The molecular weight excluding hydrogens is 557 g/mol. The van der Waals surface area contributed by atoms with Crippen LogP contribution in [0, 0.1) is 10.8 Å². The third kappa shape index (κ3) is 5.81. The van der Waals surface area contributed by atoms with E-state index in [0.717, 1.165) is 46.5 Å². The molecule has 1 heterocycles.